The molecule has 82 valence electrons. The smallest absolute Gasteiger partial charge is 0.310 e. The summed E-state index contributed by atoms with van der Waals surface area (Å²) in [5.74, 6) is -3.15. The van der Waals surface area contributed by atoms with Crippen LogP contribution in [0, 0.1) is 5.41 Å². The average molecular weight is 224 g/mol. The lowest BCUT2D eigenvalue weighted by Gasteiger charge is -2.36. The second-order valence-corrected chi connectivity index (χ2v) is 4.74. The van der Waals surface area contributed by atoms with Gasteiger partial charge in [0.1, 0.15) is 0 Å². The van der Waals surface area contributed by atoms with Gasteiger partial charge in [-0.25, -0.2) is 8.78 Å². The summed E-state index contributed by atoms with van der Waals surface area (Å²) in [5.41, 5.74) is -0.916. The molecular formula is C9H14F2O2S. The topological polar surface area (TPSA) is 37.3 Å². The maximum atomic E-state index is 12.9. The molecule has 0 aliphatic heterocycles. The molecule has 1 saturated carbocycles. The number of alkyl halides is 2. The lowest BCUT2D eigenvalue weighted by atomic mass is 9.74. The molecule has 0 radical (unpaired) electrons. The third kappa shape index (κ3) is 2.38. The molecule has 5 heteroatoms. The molecule has 1 rings (SSSR count). The first-order valence-electron chi connectivity index (χ1n) is 4.52. The van der Waals surface area contributed by atoms with Gasteiger partial charge in [0.25, 0.3) is 0 Å². The van der Waals surface area contributed by atoms with Crippen molar-refractivity contribution in [1.82, 2.24) is 0 Å². The Bertz CT molecular complexity index is 221. The maximum absolute atomic E-state index is 12.9. The van der Waals surface area contributed by atoms with E-state index < -0.39 is 17.3 Å². The predicted molar refractivity (Wildman–Crippen MR) is 51.9 cm³/mol. The zero-order valence-electron chi connectivity index (χ0n) is 8.06. The Kier molecular flexibility index (Phi) is 3.40. The van der Waals surface area contributed by atoms with Crippen LogP contribution >= 0.6 is 11.8 Å². The van der Waals surface area contributed by atoms with Crippen LogP contribution in [0.15, 0.2) is 0 Å². The normalized spacial score (nSPS) is 24.5. The summed E-state index contributed by atoms with van der Waals surface area (Å²) < 4.78 is 25.7. The fraction of sp³-hybridized carbons (Fsp3) is 0.889. The van der Waals surface area contributed by atoms with Crippen molar-refractivity contribution in [2.45, 2.75) is 31.6 Å². The van der Waals surface area contributed by atoms with Gasteiger partial charge < -0.3 is 5.11 Å². The average Bonchev–Trinajstić information content (AvgIpc) is 2.09. The summed E-state index contributed by atoms with van der Waals surface area (Å²) in [6.07, 6.45) is 1.41. The minimum absolute atomic E-state index is 0.0934. The van der Waals surface area contributed by atoms with Crippen LogP contribution in [-0.2, 0) is 4.79 Å². The Morgan fingerprint density at radius 2 is 1.86 bits per heavy atom. The van der Waals surface area contributed by atoms with Gasteiger partial charge in [0, 0.05) is 18.6 Å². The highest BCUT2D eigenvalue weighted by atomic mass is 32.2. The van der Waals surface area contributed by atoms with E-state index in [0.29, 0.717) is 5.75 Å². The predicted octanol–water partition coefficient (Wildman–Crippen LogP) is 2.63. The third-order valence-corrected chi connectivity index (χ3v) is 3.65. The zero-order valence-corrected chi connectivity index (χ0v) is 8.87. The molecule has 1 aliphatic rings. The summed E-state index contributed by atoms with van der Waals surface area (Å²) >= 11 is 1.41. The highest BCUT2D eigenvalue weighted by Crippen LogP contribution is 2.45. The van der Waals surface area contributed by atoms with Crippen molar-refractivity contribution >= 4 is 17.7 Å². The number of halogens is 2. The lowest BCUT2D eigenvalue weighted by Crippen LogP contribution is -2.41. The highest BCUT2D eigenvalue weighted by Gasteiger charge is 2.47. The van der Waals surface area contributed by atoms with E-state index in [0.717, 1.165) is 0 Å². The molecule has 14 heavy (non-hydrogen) atoms. The van der Waals surface area contributed by atoms with Gasteiger partial charge in [0.2, 0.25) is 5.92 Å². The molecule has 0 aromatic rings. The largest absolute Gasteiger partial charge is 0.481 e. The summed E-state index contributed by atoms with van der Waals surface area (Å²) in [7, 11) is 0. The number of thioether (sulfide) groups is 1. The molecule has 0 aromatic carbocycles. The molecule has 0 saturated heterocycles. The first-order chi connectivity index (χ1) is 6.42. The summed E-state index contributed by atoms with van der Waals surface area (Å²) in [5, 5.41) is 9.03. The van der Waals surface area contributed by atoms with Crippen molar-refractivity contribution in [3.63, 3.8) is 0 Å². The van der Waals surface area contributed by atoms with Crippen molar-refractivity contribution in [3.8, 4) is 0 Å². The van der Waals surface area contributed by atoms with Crippen molar-refractivity contribution in [2.75, 3.05) is 12.0 Å². The fourth-order valence-electron chi connectivity index (χ4n) is 1.79. The van der Waals surface area contributed by atoms with E-state index in [2.05, 4.69) is 0 Å². The van der Waals surface area contributed by atoms with E-state index in [4.69, 9.17) is 5.11 Å². The molecular weight excluding hydrogens is 210 g/mol. The van der Waals surface area contributed by atoms with E-state index >= 15 is 0 Å². The standard InChI is InChI=1S/C9H14F2O2S/c1-14-6-8(7(12)13)2-4-9(10,11)5-3-8/h2-6H2,1H3,(H,12,13). The van der Waals surface area contributed by atoms with E-state index in [1.807, 2.05) is 0 Å². The van der Waals surface area contributed by atoms with Crippen LogP contribution in [0.3, 0.4) is 0 Å². The number of carbonyl (C=O) groups is 1. The Labute approximate surface area is 86.1 Å². The number of hydrogen-bond acceptors (Lipinski definition) is 2. The molecule has 0 amide bonds. The minimum atomic E-state index is -2.66. The molecule has 1 N–H and O–H groups in total. The van der Waals surface area contributed by atoms with Gasteiger partial charge in [-0.1, -0.05) is 0 Å². The molecule has 0 aromatic heterocycles. The minimum Gasteiger partial charge on any atom is -0.481 e. The number of carboxylic acid groups (broad SMARTS) is 1. The van der Waals surface area contributed by atoms with Gasteiger partial charge in [0.15, 0.2) is 0 Å². The Balaban J connectivity index is 2.69. The first-order valence-corrected chi connectivity index (χ1v) is 5.91. The second kappa shape index (κ2) is 4.04. The van der Waals surface area contributed by atoms with Crippen LogP contribution in [0.25, 0.3) is 0 Å². The van der Waals surface area contributed by atoms with Crippen molar-refractivity contribution in [2.24, 2.45) is 5.41 Å². The summed E-state index contributed by atoms with van der Waals surface area (Å²) in [6.45, 7) is 0. The van der Waals surface area contributed by atoms with E-state index in [9.17, 15) is 13.6 Å². The Hall–Kier alpha value is -0.320. The van der Waals surface area contributed by atoms with Gasteiger partial charge in [-0.3, -0.25) is 4.79 Å². The van der Waals surface area contributed by atoms with Crippen LogP contribution in [0.5, 0.6) is 0 Å². The molecule has 0 unspecified atom stereocenters. The van der Waals surface area contributed by atoms with Crippen molar-refractivity contribution in [3.05, 3.63) is 0 Å². The van der Waals surface area contributed by atoms with Crippen LogP contribution < -0.4 is 0 Å². The molecule has 1 aliphatic carbocycles. The number of carboxylic acids is 1. The first kappa shape index (κ1) is 11.8. The van der Waals surface area contributed by atoms with Gasteiger partial charge in [-0.15, -0.1) is 0 Å². The Morgan fingerprint density at radius 3 is 2.21 bits per heavy atom. The van der Waals surface area contributed by atoms with Gasteiger partial charge in [0.05, 0.1) is 5.41 Å². The van der Waals surface area contributed by atoms with Crippen LogP contribution in [0.1, 0.15) is 25.7 Å². The molecule has 0 atom stereocenters. The van der Waals surface area contributed by atoms with Gasteiger partial charge in [-0.2, -0.15) is 11.8 Å². The SMILES string of the molecule is CSCC1(C(=O)O)CCC(F)(F)CC1. The quantitative estimate of drug-likeness (QED) is 0.800. The molecule has 2 nitrogen and oxygen atoms in total. The van der Waals surface area contributed by atoms with Crippen LogP contribution in [0.4, 0.5) is 8.78 Å². The number of hydrogen-bond donors (Lipinski definition) is 1. The number of rotatable bonds is 3. The van der Waals surface area contributed by atoms with Gasteiger partial charge in [-0.05, 0) is 19.1 Å². The second-order valence-electron chi connectivity index (χ2n) is 3.87. The molecule has 0 spiro atoms. The van der Waals surface area contributed by atoms with Crippen molar-refractivity contribution < 1.29 is 18.7 Å². The van der Waals surface area contributed by atoms with E-state index in [-0.39, 0.29) is 25.7 Å². The molecule has 0 heterocycles. The maximum Gasteiger partial charge on any atom is 0.310 e. The van der Waals surface area contributed by atoms with E-state index in [1.54, 1.807) is 6.26 Å². The Morgan fingerprint density at radius 1 is 1.36 bits per heavy atom. The third-order valence-electron chi connectivity index (χ3n) is 2.81. The summed E-state index contributed by atoms with van der Waals surface area (Å²) in [4.78, 5) is 11.0. The van der Waals surface area contributed by atoms with Gasteiger partial charge >= 0.3 is 5.97 Å². The van der Waals surface area contributed by atoms with Crippen LogP contribution in [0.2, 0.25) is 0 Å². The summed E-state index contributed by atoms with van der Waals surface area (Å²) in [6, 6.07) is 0. The fourth-order valence-corrected chi connectivity index (χ4v) is 2.76. The van der Waals surface area contributed by atoms with E-state index in [1.165, 1.54) is 11.8 Å². The molecule has 1 fully saturated rings. The zero-order chi connectivity index (χ0) is 10.8. The van der Waals surface area contributed by atoms with Crippen LogP contribution in [-0.4, -0.2) is 29.0 Å². The van der Waals surface area contributed by atoms with Crippen molar-refractivity contribution in [1.29, 1.82) is 0 Å². The molecule has 0 bridgehead atoms. The highest BCUT2D eigenvalue weighted by molar-refractivity contribution is 7.98. The number of aliphatic carboxylic acids is 1. The monoisotopic (exact) mass is 224 g/mol. The lowest BCUT2D eigenvalue weighted by molar-refractivity contribution is -0.154.